The highest BCUT2D eigenvalue weighted by molar-refractivity contribution is 6.31. The van der Waals surface area contributed by atoms with Gasteiger partial charge in [0.25, 0.3) is 0 Å². The Morgan fingerprint density at radius 3 is 2.54 bits per heavy atom. The minimum atomic E-state index is -0.293. The van der Waals surface area contributed by atoms with Gasteiger partial charge in [-0.25, -0.2) is 4.39 Å². The molecule has 0 unspecified atom stereocenters. The Morgan fingerprint density at radius 2 is 2.00 bits per heavy atom. The summed E-state index contributed by atoms with van der Waals surface area (Å²) >= 11 is 0. The molecule has 66 valence electrons. The monoisotopic (exact) mass is 178 g/mol. The first-order valence-electron chi connectivity index (χ1n) is 3.85. The first-order chi connectivity index (χ1) is 6.25. The predicted octanol–water partition coefficient (Wildman–Crippen LogP) is 1.20. The maximum Gasteiger partial charge on any atom is 0.197 e. The Hall–Kier alpha value is -1.71. The molecule has 13 heavy (non-hydrogen) atoms. The summed E-state index contributed by atoms with van der Waals surface area (Å²) in [6, 6.07) is 5.86. The van der Waals surface area contributed by atoms with Gasteiger partial charge in [-0.1, -0.05) is 0 Å². The number of halogens is 1. The van der Waals surface area contributed by atoms with Gasteiger partial charge in [-0.2, -0.15) is 5.10 Å². The minimum absolute atomic E-state index is 0.0377. The van der Waals surface area contributed by atoms with E-state index in [9.17, 15) is 9.18 Å². The van der Waals surface area contributed by atoms with Crippen molar-refractivity contribution >= 4 is 17.7 Å². The van der Waals surface area contributed by atoms with Crippen molar-refractivity contribution in [1.82, 2.24) is 0 Å². The summed E-state index contributed by atoms with van der Waals surface area (Å²) in [5.41, 5.74) is 0.725. The maximum absolute atomic E-state index is 12.5. The Labute approximate surface area is 74.5 Å². The summed E-state index contributed by atoms with van der Waals surface area (Å²) in [5, 5.41) is 5.38. The number of nitrogens with zero attached hydrogens (tertiary/aromatic N) is 2. The third-order valence-corrected chi connectivity index (χ3v) is 1.77. The van der Waals surface area contributed by atoms with Gasteiger partial charge in [-0.3, -0.25) is 9.80 Å². The van der Waals surface area contributed by atoms with Crippen molar-refractivity contribution in [3.05, 3.63) is 30.1 Å². The number of ketones is 1. The van der Waals surface area contributed by atoms with E-state index >= 15 is 0 Å². The first-order valence-corrected chi connectivity index (χ1v) is 3.85. The van der Waals surface area contributed by atoms with Crippen molar-refractivity contribution in [3.63, 3.8) is 0 Å². The molecule has 1 aliphatic heterocycles. The van der Waals surface area contributed by atoms with Crippen LogP contribution in [0.15, 0.2) is 29.4 Å². The van der Waals surface area contributed by atoms with Crippen molar-refractivity contribution in [1.29, 1.82) is 0 Å². The topological polar surface area (TPSA) is 32.7 Å². The number of carbonyl (C=O) groups is 1. The molecule has 0 saturated heterocycles. The summed E-state index contributed by atoms with van der Waals surface area (Å²) in [4.78, 5) is 10.8. The van der Waals surface area contributed by atoms with E-state index < -0.39 is 0 Å². The summed E-state index contributed by atoms with van der Waals surface area (Å²) in [6.45, 7) is 0.242. The molecule has 0 fully saturated rings. The Bertz CT molecular complexity index is 358. The van der Waals surface area contributed by atoms with Crippen LogP contribution >= 0.6 is 0 Å². The van der Waals surface area contributed by atoms with Crippen LogP contribution in [0.2, 0.25) is 0 Å². The summed E-state index contributed by atoms with van der Waals surface area (Å²) in [7, 11) is 0. The van der Waals surface area contributed by atoms with E-state index in [1.54, 1.807) is 12.1 Å². The second-order valence-electron chi connectivity index (χ2n) is 2.74. The molecule has 0 bridgehead atoms. The highest BCUT2D eigenvalue weighted by atomic mass is 19.1. The molecular formula is C9H7FN2O. The zero-order chi connectivity index (χ0) is 9.26. The van der Waals surface area contributed by atoms with E-state index in [0.717, 1.165) is 5.69 Å². The van der Waals surface area contributed by atoms with E-state index in [1.807, 2.05) is 0 Å². The lowest BCUT2D eigenvalue weighted by Gasteiger charge is -2.11. The first kappa shape index (κ1) is 7.91. The van der Waals surface area contributed by atoms with E-state index in [1.165, 1.54) is 23.4 Å². The average molecular weight is 178 g/mol. The largest absolute Gasteiger partial charge is 0.291 e. The quantitative estimate of drug-likeness (QED) is 0.647. The van der Waals surface area contributed by atoms with Gasteiger partial charge in [0.2, 0.25) is 0 Å². The van der Waals surface area contributed by atoms with Gasteiger partial charge in [0, 0.05) is 0 Å². The molecule has 0 spiro atoms. The highest BCUT2D eigenvalue weighted by Crippen LogP contribution is 2.16. The number of rotatable bonds is 1. The second-order valence-corrected chi connectivity index (χ2v) is 2.74. The van der Waals surface area contributed by atoms with Gasteiger partial charge in [0.15, 0.2) is 5.78 Å². The molecule has 0 aliphatic carbocycles. The molecule has 1 aromatic carbocycles. The zero-order valence-corrected chi connectivity index (χ0v) is 6.77. The Kier molecular flexibility index (Phi) is 1.81. The number of hydrazone groups is 1. The van der Waals surface area contributed by atoms with Crippen LogP contribution in [0, 0.1) is 5.82 Å². The fourth-order valence-corrected chi connectivity index (χ4v) is 1.13. The van der Waals surface area contributed by atoms with Crippen molar-refractivity contribution in [2.45, 2.75) is 0 Å². The number of hydrogen-bond donors (Lipinski definition) is 0. The third kappa shape index (κ3) is 1.56. The Morgan fingerprint density at radius 1 is 1.31 bits per heavy atom. The van der Waals surface area contributed by atoms with Gasteiger partial charge in [-0.05, 0) is 24.3 Å². The lowest BCUT2D eigenvalue weighted by Crippen LogP contribution is -2.16. The van der Waals surface area contributed by atoms with Gasteiger partial charge in [-0.15, -0.1) is 0 Å². The van der Waals surface area contributed by atoms with E-state index in [2.05, 4.69) is 5.10 Å². The number of anilines is 1. The van der Waals surface area contributed by atoms with Crippen LogP contribution in [0.4, 0.5) is 10.1 Å². The van der Waals surface area contributed by atoms with Crippen LogP contribution < -0.4 is 5.01 Å². The predicted molar refractivity (Wildman–Crippen MR) is 47.2 cm³/mol. The molecule has 0 N–H and O–H groups in total. The molecule has 0 saturated carbocycles. The molecule has 2 rings (SSSR count). The van der Waals surface area contributed by atoms with Crippen molar-refractivity contribution in [3.8, 4) is 0 Å². The molecule has 4 heteroatoms. The molecule has 0 atom stereocenters. The van der Waals surface area contributed by atoms with Gasteiger partial charge in [0.1, 0.15) is 12.4 Å². The molecule has 0 aromatic heterocycles. The van der Waals surface area contributed by atoms with Crippen LogP contribution in [-0.2, 0) is 4.79 Å². The lowest BCUT2D eigenvalue weighted by atomic mass is 10.3. The molecule has 3 nitrogen and oxygen atoms in total. The SMILES string of the molecule is O=C1C=NN(c2ccc(F)cc2)C1. The minimum Gasteiger partial charge on any atom is -0.291 e. The number of hydrogen-bond acceptors (Lipinski definition) is 3. The normalized spacial score (nSPS) is 15.5. The number of carbonyl (C=O) groups excluding carboxylic acids is 1. The molecule has 1 aromatic rings. The summed E-state index contributed by atoms with van der Waals surface area (Å²) in [6.07, 6.45) is 1.27. The van der Waals surface area contributed by atoms with Crippen LogP contribution in [0.25, 0.3) is 0 Å². The fraction of sp³-hybridized carbons (Fsp3) is 0.111. The fourth-order valence-electron chi connectivity index (χ4n) is 1.13. The van der Waals surface area contributed by atoms with Gasteiger partial charge in [0.05, 0.1) is 11.9 Å². The number of benzene rings is 1. The Balaban J connectivity index is 2.22. The maximum atomic E-state index is 12.5. The zero-order valence-electron chi connectivity index (χ0n) is 6.77. The van der Waals surface area contributed by atoms with E-state index in [0.29, 0.717) is 0 Å². The molecule has 0 amide bonds. The lowest BCUT2D eigenvalue weighted by molar-refractivity contribution is -0.110. The van der Waals surface area contributed by atoms with Crippen molar-refractivity contribution in [2.75, 3.05) is 11.6 Å². The molecular weight excluding hydrogens is 171 g/mol. The van der Waals surface area contributed by atoms with Gasteiger partial charge >= 0.3 is 0 Å². The summed E-state index contributed by atoms with van der Waals surface area (Å²) < 4.78 is 12.5. The van der Waals surface area contributed by atoms with Crippen LogP contribution in [-0.4, -0.2) is 18.5 Å². The van der Waals surface area contributed by atoms with Gasteiger partial charge < -0.3 is 0 Å². The third-order valence-electron chi connectivity index (χ3n) is 1.77. The van der Waals surface area contributed by atoms with Crippen molar-refractivity contribution in [2.24, 2.45) is 5.10 Å². The van der Waals surface area contributed by atoms with Crippen LogP contribution in [0.5, 0.6) is 0 Å². The average Bonchev–Trinajstić information content (AvgIpc) is 2.53. The summed E-state index contributed by atoms with van der Waals surface area (Å²) in [5.74, 6) is -0.331. The van der Waals surface area contributed by atoms with Crippen molar-refractivity contribution < 1.29 is 9.18 Å². The van der Waals surface area contributed by atoms with E-state index in [4.69, 9.17) is 0 Å². The molecule has 1 heterocycles. The van der Waals surface area contributed by atoms with Crippen LogP contribution in [0.3, 0.4) is 0 Å². The molecule has 1 aliphatic rings. The molecule has 0 radical (unpaired) electrons. The highest BCUT2D eigenvalue weighted by Gasteiger charge is 2.14. The standard InChI is InChI=1S/C9H7FN2O/c10-7-1-3-8(4-2-7)12-6-9(13)5-11-12/h1-5H,6H2. The second kappa shape index (κ2) is 2.97. The van der Waals surface area contributed by atoms with Crippen LogP contribution in [0.1, 0.15) is 0 Å². The van der Waals surface area contributed by atoms with E-state index in [-0.39, 0.29) is 18.1 Å². The number of Topliss-reactive ketones (excluding diaryl/α,β-unsaturated/α-hetero) is 1. The smallest absolute Gasteiger partial charge is 0.197 e.